The van der Waals surface area contributed by atoms with Crippen molar-refractivity contribution in [1.29, 1.82) is 0 Å². The zero-order valence-corrected chi connectivity index (χ0v) is 17.4. The Labute approximate surface area is 173 Å². The number of aryl methyl sites for hydroxylation is 2. The number of piperidine rings is 1. The topological polar surface area (TPSA) is 21.1 Å². The Morgan fingerprint density at radius 1 is 0.966 bits per heavy atom. The van der Waals surface area contributed by atoms with Crippen LogP contribution >= 0.6 is 0 Å². The summed E-state index contributed by atoms with van der Waals surface area (Å²) < 4.78 is 2.06. The van der Waals surface area contributed by atoms with E-state index in [1.54, 1.807) is 0 Å². The second-order valence-electron chi connectivity index (χ2n) is 8.60. The molecule has 0 aliphatic carbocycles. The second-order valence-corrected chi connectivity index (χ2v) is 8.60. The lowest BCUT2D eigenvalue weighted by atomic mass is 9.82. The molecule has 3 heteroatoms. The Bertz CT molecular complexity index is 1030. The molecule has 0 N–H and O–H groups in total. The van der Waals surface area contributed by atoms with Crippen LogP contribution in [0.15, 0.2) is 66.7 Å². The molecule has 3 aromatic rings. The van der Waals surface area contributed by atoms with Crippen molar-refractivity contribution >= 4 is 5.57 Å². The highest BCUT2D eigenvalue weighted by molar-refractivity contribution is 5.69. The molecule has 0 amide bonds. The third-order valence-corrected chi connectivity index (χ3v) is 6.46. The number of hydrogen-bond acceptors (Lipinski definition) is 2. The summed E-state index contributed by atoms with van der Waals surface area (Å²) in [5.41, 5.74) is 7.69. The molecule has 0 radical (unpaired) electrons. The smallest absolute Gasteiger partial charge is 0.0654 e. The van der Waals surface area contributed by atoms with E-state index in [4.69, 9.17) is 0 Å². The Balaban J connectivity index is 1.44. The first-order valence-electron chi connectivity index (χ1n) is 10.8. The maximum absolute atomic E-state index is 4.67. The van der Waals surface area contributed by atoms with Gasteiger partial charge >= 0.3 is 0 Å². The monoisotopic (exact) mass is 383 g/mol. The lowest BCUT2D eigenvalue weighted by Gasteiger charge is -2.45. The number of benzene rings is 2. The van der Waals surface area contributed by atoms with Crippen molar-refractivity contribution in [2.24, 2.45) is 0 Å². The summed E-state index contributed by atoms with van der Waals surface area (Å²) in [6, 6.07) is 23.2. The molecule has 2 unspecified atom stereocenters. The van der Waals surface area contributed by atoms with Crippen LogP contribution in [-0.2, 0) is 6.54 Å². The third-order valence-electron chi connectivity index (χ3n) is 6.46. The van der Waals surface area contributed by atoms with Crippen LogP contribution in [0.1, 0.15) is 48.2 Å². The van der Waals surface area contributed by atoms with Crippen molar-refractivity contribution in [3.63, 3.8) is 0 Å². The van der Waals surface area contributed by atoms with E-state index in [2.05, 4.69) is 95.3 Å². The van der Waals surface area contributed by atoms with Crippen LogP contribution < -0.4 is 0 Å². The quantitative estimate of drug-likeness (QED) is 0.576. The summed E-state index contributed by atoms with van der Waals surface area (Å²) in [6.07, 6.45) is 7.60. The summed E-state index contributed by atoms with van der Waals surface area (Å²) in [6.45, 7) is 5.24. The van der Waals surface area contributed by atoms with Gasteiger partial charge in [0.15, 0.2) is 0 Å². The van der Waals surface area contributed by atoms with Crippen LogP contribution in [0.2, 0.25) is 0 Å². The SMILES string of the molecule is Cc1cc(C)n(-c2cccc(C3=CC4CCCC(C3)N4Cc3ccccc3)c2)n1. The van der Waals surface area contributed by atoms with Crippen LogP contribution in [0, 0.1) is 13.8 Å². The van der Waals surface area contributed by atoms with Gasteiger partial charge in [0.1, 0.15) is 0 Å². The molecular weight excluding hydrogens is 354 g/mol. The van der Waals surface area contributed by atoms with Gasteiger partial charge in [0.2, 0.25) is 0 Å². The zero-order chi connectivity index (χ0) is 19.8. The minimum Gasteiger partial charge on any atom is -0.289 e. The summed E-state index contributed by atoms with van der Waals surface area (Å²) in [4.78, 5) is 2.73. The van der Waals surface area contributed by atoms with Crippen molar-refractivity contribution in [2.75, 3.05) is 0 Å². The van der Waals surface area contributed by atoms with Gasteiger partial charge in [-0.05, 0) is 68.0 Å². The molecule has 1 fully saturated rings. The van der Waals surface area contributed by atoms with E-state index < -0.39 is 0 Å². The zero-order valence-electron chi connectivity index (χ0n) is 17.4. The third kappa shape index (κ3) is 3.67. The van der Waals surface area contributed by atoms with Gasteiger partial charge in [-0.15, -0.1) is 0 Å². The fraction of sp³-hybridized carbons (Fsp3) is 0.346. The molecule has 3 heterocycles. The van der Waals surface area contributed by atoms with Gasteiger partial charge in [0.05, 0.1) is 11.4 Å². The number of fused-ring (bicyclic) bond motifs is 2. The molecule has 2 aromatic carbocycles. The van der Waals surface area contributed by atoms with Gasteiger partial charge in [-0.2, -0.15) is 5.10 Å². The summed E-state index contributed by atoms with van der Waals surface area (Å²) in [5, 5.41) is 4.67. The van der Waals surface area contributed by atoms with E-state index in [0.29, 0.717) is 12.1 Å². The van der Waals surface area contributed by atoms with E-state index in [1.165, 1.54) is 41.7 Å². The number of rotatable bonds is 4. The average Bonchev–Trinajstić information content (AvgIpc) is 3.07. The van der Waals surface area contributed by atoms with Gasteiger partial charge in [0.25, 0.3) is 0 Å². The van der Waals surface area contributed by atoms with E-state index >= 15 is 0 Å². The molecule has 1 saturated heterocycles. The largest absolute Gasteiger partial charge is 0.289 e. The number of nitrogens with zero attached hydrogens (tertiary/aromatic N) is 3. The second kappa shape index (κ2) is 7.64. The highest BCUT2D eigenvalue weighted by atomic mass is 15.3. The Morgan fingerprint density at radius 2 is 1.83 bits per heavy atom. The van der Waals surface area contributed by atoms with E-state index in [-0.39, 0.29) is 0 Å². The van der Waals surface area contributed by atoms with E-state index in [0.717, 1.165) is 24.3 Å². The molecule has 0 spiro atoms. The Hall–Kier alpha value is -2.65. The maximum atomic E-state index is 4.67. The molecule has 5 rings (SSSR count). The van der Waals surface area contributed by atoms with Crippen LogP contribution in [-0.4, -0.2) is 26.8 Å². The average molecular weight is 384 g/mol. The highest BCUT2D eigenvalue weighted by Gasteiger charge is 2.34. The van der Waals surface area contributed by atoms with E-state index in [9.17, 15) is 0 Å². The van der Waals surface area contributed by atoms with Gasteiger partial charge in [-0.3, -0.25) is 4.90 Å². The van der Waals surface area contributed by atoms with Crippen LogP contribution in [0.5, 0.6) is 0 Å². The van der Waals surface area contributed by atoms with Gasteiger partial charge in [-0.25, -0.2) is 4.68 Å². The Morgan fingerprint density at radius 3 is 2.59 bits per heavy atom. The molecule has 2 aliphatic heterocycles. The molecule has 3 nitrogen and oxygen atoms in total. The fourth-order valence-corrected chi connectivity index (χ4v) is 5.10. The highest BCUT2D eigenvalue weighted by Crippen LogP contribution is 2.38. The lowest BCUT2D eigenvalue weighted by molar-refractivity contribution is 0.0951. The summed E-state index contributed by atoms with van der Waals surface area (Å²) in [7, 11) is 0. The maximum Gasteiger partial charge on any atom is 0.0654 e. The van der Waals surface area contributed by atoms with Gasteiger partial charge in [-0.1, -0.05) is 55.0 Å². The molecule has 29 heavy (non-hydrogen) atoms. The predicted molar refractivity (Wildman–Crippen MR) is 119 cm³/mol. The van der Waals surface area contributed by atoms with Crippen LogP contribution in [0.25, 0.3) is 11.3 Å². The van der Waals surface area contributed by atoms with E-state index in [1.807, 2.05) is 0 Å². The van der Waals surface area contributed by atoms with Crippen LogP contribution in [0.3, 0.4) is 0 Å². The molecule has 2 bridgehead atoms. The van der Waals surface area contributed by atoms with Crippen molar-refractivity contribution < 1.29 is 0 Å². The molecule has 1 aromatic heterocycles. The number of hydrogen-bond donors (Lipinski definition) is 0. The van der Waals surface area contributed by atoms with Crippen molar-refractivity contribution in [1.82, 2.24) is 14.7 Å². The standard InChI is InChI=1S/C26H29N3/c1-19-14-20(2)29(27-19)26-13-6-10-22(15-26)23-16-24-11-7-12-25(17-23)28(24)18-21-8-4-3-5-9-21/h3-6,8-10,13-16,24-25H,7,11-12,17-18H2,1-2H3. The lowest BCUT2D eigenvalue weighted by Crippen LogP contribution is -2.47. The van der Waals surface area contributed by atoms with Gasteiger partial charge in [0, 0.05) is 24.3 Å². The predicted octanol–water partition coefficient (Wildman–Crippen LogP) is 5.70. The fourth-order valence-electron chi connectivity index (χ4n) is 5.10. The number of aromatic nitrogens is 2. The molecule has 2 aliphatic rings. The van der Waals surface area contributed by atoms with Crippen molar-refractivity contribution in [3.05, 3.63) is 89.3 Å². The first-order chi connectivity index (χ1) is 14.2. The minimum absolute atomic E-state index is 0.551. The summed E-state index contributed by atoms with van der Waals surface area (Å²) in [5.74, 6) is 0. The minimum atomic E-state index is 0.551. The molecule has 2 atom stereocenters. The Kier molecular flexibility index (Phi) is 4.84. The van der Waals surface area contributed by atoms with Crippen LogP contribution in [0.4, 0.5) is 0 Å². The molecule has 0 saturated carbocycles. The first-order valence-corrected chi connectivity index (χ1v) is 10.8. The molecule has 148 valence electrons. The van der Waals surface area contributed by atoms with Crippen molar-refractivity contribution in [3.8, 4) is 5.69 Å². The van der Waals surface area contributed by atoms with Gasteiger partial charge < -0.3 is 0 Å². The molecular formula is C26H29N3. The summed E-state index contributed by atoms with van der Waals surface area (Å²) >= 11 is 0. The van der Waals surface area contributed by atoms with Crippen molar-refractivity contribution in [2.45, 2.75) is 58.2 Å². The first kappa shape index (κ1) is 18.4. The normalized spacial score (nSPS) is 21.8.